The van der Waals surface area contributed by atoms with E-state index >= 15 is 0 Å². The molecule has 1 saturated heterocycles. The zero-order valence-corrected chi connectivity index (χ0v) is 39.3. The molecule has 1 aliphatic rings. The largest absolute Gasteiger partial charge is 0.457 e. The summed E-state index contributed by atoms with van der Waals surface area (Å²) in [6.45, 7) is 3.93. The summed E-state index contributed by atoms with van der Waals surface area (Å²) in [6, 6.07) is 0. The molecule has 0 aliphatic carbocycles. The van der Waals surface area contributed by atoms with Gasteiger partial charge in [0.25, 0.3) is 0 Å². The molecule has 12 nitrogen and oxygen atoms in total. The van der Waals surface area contributed by atoms with Crippen LogP contribution in [0.15, 0.2) is 24.3 Å². The summed E-state index contributed by atoms with van der Waals surface area (Å²) in [7, 11) is -5.06. The smallest absolute Gasteiger partial charge is 0.397 e. The fourth-order valence-corrected chi connectivity index (χ4v) is 8.10. The maximum Gasteiger partial charge on any atom is 0.397 e. The summed E-state index contributed by atoms with van der Waals surface area (Å²) >= 11 is 0. The highest BCUT2D eigenvalue weighted by molar-refractivity contribution is 7.80. The summed E-state index contributed by atoms with van der Waals surface area (Å²) < 4.78 is 59.1. The monoisotopic (exact) mass is 891 g/mol. The molecule has 0 amide bonds. The van der Waals surface area contributed by atoms with E-state index in [1.165, 1.54) is 122 Å². The highest BCUT2D eigenvalue weighted by atomic mass is 32.3. The van der Waals surface area contributed by atoms with Crippen molar-refractivity contribution in [2.45, 2.75) is 250 Å². The third-order valence-corrected chi connectivity index (χ3v) is 11.8. The molecule has 1 rings (SSSR count). The quantitative estimate of drug-likeness (QED) is 0.0197. The Morgan fingerprint density at radius 1 is 0.623 bits per heavy atom. The van der Waals surface area contributed by atoms with E-state index in [9.17, 15) is 33.1 Å². The van der Waals surface area contributed by atoms with Gasteiger partial charge in [0.2, 0.25) is 0 Å². The van der Waals surface area contributed by atoms with Crippen molar-refractivity contribution in [3.8, 4) is 0 Å². The molecule has 1 aliphatic heterocycles. The first-order valence-electron chi connectivity index (χ1n) is 24.6. The fraction of sp³-hybridized carbons (Fsp3) is 0.896. The number of allylic oxidation sites excluding steroid dienone is 4. The van der Waals surface area contributed by atoms with E-state index in [4.69, 9.17) is 18.9 Å². The van der Waals surface area contributed by atoms with Crippen molar-refractivity contribution >= 4 is 16.4 Å². The molecule has 0 aromatic heterocycles. The van der Waals surface area contributed by atoms with Crippen molar-refractivity contribution in [3.63, 3.8) is 0 Å². The Labute approximate surface area is 371 Å². The zero-order valence-electron chi connectivity index (χ0n) is 38.5. The predicted octanol–water partition coefficient (Wildman–Crippen LogP) is 10.8. The third-order valence-electron chi connectivity index (χ3n) is 11.3. The average molecular weight is 891 g/mol. The van der Waals surface area contributed by atoms with E-state index < -0.39 is 59.8 Å². The summed E-state index contributed by atoms with van der Waals surface area (Å²) in [5, 5.41) is 30.7. The van der Waals surface area contributed by atoms with E-state index in [2.05, 4.69) is 42.3 Å². The van der Waals surface area contributed by atoms with Crippen LogP contribution >= 0.6 is 0 Å². The van der Waals surface area contributed by atoms with Crippen molar-refractivity contribution in [2.75, 3.05) is 26.4 Å². The van der Waals surface area contributed by atoms with E-state index in [0.717, 1.165) is 64.2 Å². The first kappa shape index (κ1) is 57.6. The van der Waals surface area contributed by atoms with Gasteiger partial charge in [-0.3, -0.25) is 9.35 Å². The number of esters is 1. The lowest BCUT2D eigenvalue weighted by Crippen LogP contribution is -2.60. The maximum absolute atomic E-state index is 12.9. The van der Waals surface area contributed by atoms with Gasteiger partial charge in [0.1, 0.15) is 30.5 Å². The molecule has 0 radical (unpaired) electrons. The molecule has 61 heavy (non-hydrogen) atoms. The molecule has 0 spiro atoms. The van der Waals surface area contributed by atoms with Gasteiger partial charge in [0, 0.05) is 13.0 Å². The number of ether oxygens (including phenoxy) is 4. The molecule has 6 atom stereocenters. The number of rotatable bonds is 43. The van der Waals surface area contributed by atoms with Gasteiger partial charge in [-0.05, 0) is 38.5 Å². The summed E-state index contributed by atoms with van der Waals surface area (Å²) in [6.07, 6.45) is 36.4. The summed E-state index contributed by atoms with van der Waals surface area (Å²) in [4.78, 5) is 12.9. The van der Waals surface area contributed by atoms with Crippen molar-refractivity contribution in [2.24, 2.45) is 0 Å². The molecule has 1 heterocycles. The molecule has 1 fully saturated rings. The molecule has 360 valence electrons. The van der Waals surface area contributed by atoms with Crippen molar-refractivity contribution in [1.82, 2.24) is 0 Å². The number of hydrogen-bond acceptors (Lipinski definition) is 11. The second-order valence-corrected chi connectivity index (χ2v) is 18.1. The van der Waals surface area contributed by atoms with E-state index in [0.29, 0.717) is 13.0 Å². The van der Waals surface area contributed by atoms with Gasteiger partial charge >= 0.3 is 16.4 Å². The highest BCUT2D eigenvalue weighted by Crippen LogP contribution is 2.26. The van der Waals surface area contributed by atoms with Crippen molar-refractivity contribution < 1.29 is 56.2 Å². The minimum atomic E-state index is -5.06. The fourth-order valence-electron chi connectivity index (χ4n) is 7.59. The molecule has 4 N–H and O–H groups in total. The van der Waals surface area contributed by atoms with E-state index in [-0.39, 0.29) is 19.6 Å². The zero-order chi connectivity index (χ0) is 44.7. The normalized spacial score (nSPS) is 20.3. The van der Waals surface area contributed by atoms with Crippen molar-refractivity contribution in [1.29, 1.82) is 0 Å². The first-order valence-corrected chi connectivity index (χ1v) is 26.0. The number of carbonyl (C=O) groups excluding carboxylic acids is 1. The Balaban J connectivity index is 2.36. The lowest BCUT2D eigenvalue weighted by Gasteiger charge is -2.41. The standard InChI is InChI=1S/C48H90O12S/c1-3-5-7-9-11-13-15-17-19-20-21-22-23-24-25-27-29-31-33-35-37-44(50)58-42(40-56-38-36-34-32-30-28-26-18-16-14-12-10-8-6-4-2)41-57-48-46(52)47(60-61(53,54)55)45(51)43(39-49)59-48/h8,10,14,16,42-43,45-49,51-52H,3-7,9,11-13,15,17-41H2,1-2H3,(H,53,54,55)/b10-8-,16-14-. The SMILES string of the molecule is CCC/C=C\C/C=C\CCCCCCCCOCC(COC1OC(CO)C(O)C(OS(=O)(=O)O)C1O)OC(=O)CCCCCCCCCCCCCCCCCCCCCC. The van der Waals surface area contributed by atoms with Gasteiger partial charge in [-0.1, -0.05) is 192 Å². The highest BCUT2D eigenvalue weighted by Gasteiger charge is 2.48. The number of unbranched alkanes of at least 4 members (excludes halogenated alkanes) is 26. The Hall–Kier alpha value is -1.42. The molecule has 0 aromatic rings. The molecule has 0 aromatic carbocycles. The van der Waals surface area contributed by atoms with Gasteiger partial charge in [0.05, 0.1) is 19.8 Å². The van der Waals surface area contributed by atoms with Crippen LogP contribution in [-0.2, 0) is 38.3 Å². The number of aliphatic hydroxyl groups excluding tert-OH is 3. The lowest BCUT2D eigenvalue weighted by atomic mass is 9.99. The van der Waals surface area contributed by atoms with E-state index in [1.807, 2.05) is 0 Å². The Morgan fingerprint density at radius 2 is 1.11 bits per heavy atom. The molecule has 6 unspecified atom stereocenters. The summed E-state index contributed by atoms with van der Waals surface area (Å²) in [5.74, 6) is -0.399. The number of hydrogen-bond donors (Lipinski definition) is 4. The molecule has 0 bridgehead atoms. The molecule has 0 saturated carbocycles. The molecular formula is C48H90O12S. The van der Waals surface area contributed by atoms with Crippen LogP contribution in [0.2, 0.25) is 0 Å². The molecular weight excluding hydrogens is 801 g/mol. The second kappa shape index (κ2) is 40.1. The second-order valence-electron chi connectivity index (χ2n) is 17.1. The minimum Gasteiger partial charge on any atom is -0.457 e. The van der Waals surface area contributed by atoms with Crippen LogP contribution in [-0.4, -0.2) is 97.5 Å². The van der Waals surface area contributed by atoms with Crippen molar-refractivity contribution in [3.05, 3.63) is 24.3 Å². The van der Waals surface area contributed by atoms with Crippen LogP contribution in [0.1, 0.15) is 213 Å². The number of aliphatic hydroxyl groups is 3. The van der Waals surface area contributed by atoms with Gasteiger partial charge in [0.15, 0.2) is 6.29 Å². The Morgan fingerprint density at radius 3 is 1.62 bits per heavy atom. The Bertz CT molecular complexity index is 1170. The topological polar surface area (TPSA) is 178 Å². The van der Waals surface area contributed by atoms with Crippen LogP contribution in [0.5, 0.6) is 0 Å². The number of carbonyl (C=O) groups is 1. The van der Waals surface area contributed by atoms with Crippen LogP contribution in [0.3, 0.4) is 0 Å². The first-order chi connectivity index (χ1) is 29.6. The van der Waals surface area contributed by atoms with Gasteiger partial charge in [-0.15, -0.1) is 0 Å². The van der Waals surface area contributed by atoms with Gasteiger partial charge in [-0.25, -0.2) is 4.18 Å². The molecule has 13 heteroatoms. The maximum atomic E-state index is 12.9. The lowest BCUT2D eigenvalue weighted by molar-refractivity contribution is -0.301. The van der Waals surface area contributed by atoms with Crippen LogP contribution in [0.25, 0.3) is 0 Å². The van der Waals surface area contributed by atoms with Crippen LogP contribution in [0.4, 0.5) is 0 Å². The Kier molecular flexibility index (Phi) is 37.9. The van der Waals surface area contributed by atoms with Crippen LogP contribution < -0.4 is 0 Å². The van der Waals surface area contributed by atoms with Gasteiger partial charge < -0.3 is 34.3 Å². The third kappa shape index (κ3) is 33.7. The van der Waals surface area contributed by atoms with E-state index in [1.54, 1.807) is 0 Å². The summed E-state index contributed by atoms with van der Waals surface area (Å²) in [5.41, 5.74) is 0. The average Bonchev–Trinajstić information content (AvgIpc) is 3.23. The van der Waals surface area contributed by atoms with Gasteiger partial charge in [-0.2, -0.15) is 8.42 Å². The van der Waals surface area contributed by atoms with Crippen LogP contribution in [0, 0.1) is 0 Å². The minimum absolute atomic E-state index is 0.0325. The predicted molar refractivity (Wildman–Crippen MR) is 244 cm³/mol.